The lowest BCUT2D eigenvalue weighted by atomic mass is 10.0. The lowest BCUT2D eigenvalue weighted by Gasteiger charge is -2.05. The molecule has 0 spiro atoms. The average molecular weight is 218 g/mol. The SMILES string of the molecule is COC(=O)/C=C(\C)CCc1ccccc1C. The van der Waals surface area contributed by atoms with Crippen molar-refractivity contribution in [1.82, 2.24) is 0 Å². The van der Waals surface area contributed by atoms with Gasteiger partial charge in [0.25, 0.3) is 0 Å². The van der Waals surface area contributed by atoms with Gasteiger partial charge in [-0.25, -0.2) is 4.79 Å². The van der Waals surface area contributed by atoms with Crippen LogP contribution in [0.4, 0.5) is 0 Å². The van der Waals surface area contributed by atoms with Crippen molar-refractivity contribution in [3.05, 3.63) is 47.0 Å². The van der Waals surface area contributed by atoms with Gasteiger partial charge in [0.05, 0.1) is 7.11 Å². The van der Waals surface area contributed by atoms with Gasteiger partial charge in [0.2, 0.25) is 0 Å². The van der Waals surface area contributed by atoms with Crippen LogP contribution in [0.3, 0.4) is 0 Å². The van der Waals surface area contributed by atoms with E-state index in [0.29, 0.717) is 0 Å². The largest absolute Gasteiger partial charge is 0.466 e. The van der Waals surface area contributed by atoms with E-state index in [1.807, 2.05) is 19.1 Å². The van der Waals surface area contributed by atoms with E-state index in [9.17, 15) is 4.79 Å². The number of rotatable bonds is 4. The Morgan fingerprint density at radius 1 is 1.38 bits per heavy atom. The Balaban J connectivity index is 2.55. The number of methoxy groups -OCH3 is 1. The quantitative estimate of drug-likeness (QED) is 0.573. The highest BCUT2D eigenvalue weighted by atomic mass is 16.5. The molecule has 0 amide bonds. The molecule has 0 aliphatic rings. The maximum absolute atomic E-state index is 11.0. The van der Waals surface area contributed by atoms with Gasteiger partial charge in [-0.15, -0.1) is 0 Å². The predicted molar refractivity (Wildman–Crippen MR) is 65.3 cm³/mol. The van der Waals surface area contributed by atoms with Crippen LogP contribution in [-0.4, -0.2) is 13.1 Å². The monoisotopic (exact) mass is 218 g/mol. The average Bonchev–Trinajstić information content (AvgIpc) is 2.28. The number of esters is 1. The van der Waals surface area contributed by atoms with E-state index in [1.165, 1.54) is 18.2 Å². The van der Waals surface area contributed by atoms with Crippen LogP contribution in [0.5, 0.6) is 0 Å². The van der Waals surface area contributed by atoms with Gasteiger partial charge in [0, 0.05) is 6.08 Å². The molecule has 2 heteroatoms. The summed E-state index contributed by atoms with van der Waals surface area (Å²) in [6, 6.07) is 8.31. The number of carbonyl (C=O) groups excluding carboxylic acids is 1. The first-order chi connectivity index (χ1) is 7.63. The summed E-state index contributed by atoms with van der Waals surface area (Å²) < 4.78 is 4.58. The molecule has 0 N–H and O–H groups in total. The summed E-state index contributed by atoms with van der Waals surface area (Å²) in [7, 11) is 1.40. The number of carbonyl (C=O) groups is 1. The summed E-state index contributed by atoms with van der Waals surface area (Å²) in [5.41, 5.74) is 3.68. The lowest BCUT2D eigenvalue weighted by molar-refractivity contribution is -0.134. The molecule has 0 atom stereocenters. The molecule has 1 rings (SSSR count). The van der Waals surface area contributed by atoms with Gasteiger partial charge in [-0.1, -0.05) is 29.8 Å². The van der Waals surface area contributed by atoms with Gasteiger partial charge in [-0.2, -0.15) is 0 Å². The van der Waals surface area contributed by atoms with Crippen LogP contribution in [0, 0.1) is 6.92 Å². The molecule has 1 aromatic carbocycles. The highest BCUT2D eigenvalue weighted by Gasteiger charge is 2.00. The molecule has 0 saturated carbocycles. The Morgan fingerprint density at radius 2 is 2.06 bits per heavy atom. The molecule has 0 aromatic heterocycles. The molecular formula is C14H18O2. The van der Waals surface area contributed by atoms with Crippen molar-refractivity contribution < 1.29 is 9.53 Å². The molecule has 0 aliphatic carbocycles. The molecule has 0 heterocycles. The van der Waals surface area contributed by atoms with E-state index in [1.54, 1.807) is 6.08 Å². The topological polar surface area (TPSA) is 26.3 Å². The zero-order valence-electron chi connectivity index (χ0n) is 10.1. The van der Waals surface area contributed by atoms with Gasteiger partial charge in [0.1, 0.15) is 0 Å². The molecule has 0 aliphatic heterocycles. The first kappa shape index (κ1) is 12.5. The molecular weight excluding hydrogens is 200 g/mol. The highest BCUT2D eigenvalue weighted by Crippen LogP contribution is 2.12. The minimum Gasteiger partial charge on any atom is -0.466 e. The van der Waals surface area contributed by atoms with E-state index < -0.39 is 0 Å². The highest BCUT2D eigenvalue weighted by molar-refractivity contribution is 5.82. The van der Waals surface area contributed by atoms with E-state index >= 15 is 0 Å². The third kappa shape index (κ3) is 3.89. The van der Waals surface area contributed by atoms with Gasteiger partial charge in [-0.3, -0.25) is 0 Å². The molecule has 1 aromatic rings. The zero-order valence-corrected chi connectivity index (χ0v) is 10.1. The van der Waals surface area contributed by atoms with Crippen LogP contribution in [0.25, 0.3) is 0 Å². The molecule has 86 valence electrons. The van der Waals surface area contributed by atoms with Crippen molar-refractivity contribution in [3.8, 4) is 0 Å². The third-order valence-corrected chi connectivity index (χ3v) is 2.62. The molecule has 0 radical (unpaired) electrons. The van der Waals surface area contributed by atoms with Crippen molar-refractivity contribution >= 4 is 5.97 Å². The van der Waals surface area contributed by atoms with E-state index in [-0.39, 0.29) is 5.97 Å². The maximum Gasteiger partial charge on any atom is 0.330 e. The Hall–Kier alpha value is -1.57. The molecule has 0 unspecified atom stereocenters. The van der Waals surface area contributed by atoms with Gasteiger partial charge in [0.15, 0.2) is 0 Å². The lowest BCUT2D eigenvalue weighted by Crippen LogP contribution is -1.97. The maximum atomic E-state index is 11.0. The zero-order chi connectivity index (χ0) is 12.0. The molecule has 0 saturated heterocycles. The Labute approximate surface area is 96.9 Å². The Morgan fingerprint density at radius 3 is 2.69 bits per heavy atom. The van der Waals surface area contributed by atoms with Gasteiger partial charge in [-0.05, 0) is 37.8 Å². The number of allylic oxidation sites excluding steroid dienone is 1. The fourth-order valence-electron chi connectivity index (χ4n) is 1.55. The van der Waals surface area contributed by atoms with Gasteiger partial charge < -0.3 is 4.74 Å². The summed E-state index contributed by atoms with van der Waals surface area (Å²) in [6.45, 7) is 4.06. The third-order valence-electron chi connectivity index (χ3n) is 2.62. The molecule has 2 nitrogen and oxygen atoms in total. The van der Waals surface area contributed by atoms with Crippen molar-refractivity contribution in [2.45, 2.75) is 26.7 Å². The molecule has 0 fully saturated rings. The van der Waals surface area contributed by atoms with Crippen LogP contribution in [-0.2, 0) is 16.0 Å². The van der Waals surface area contributed by atoms with Crippen molar-refractivity contribution in [1.29, 1.82) is 0 Å². The summed E-state index contributed by atoms with van der Waals surface area (Å²) in [5.74, 6) is -0.276. The Kier molecular flexibility index (Phi) is 4.77. The van der Waals surface area contributed by atoms with Crippen LogP contribution >= 0.6 is 0 Å². The van der Waals surface area contributed by atoms with Crippen LogP contribution in [0.1, 0.15) is 24.5 Å². The number of ether oxygens (including phenoxy) is 1. The summed E-state index contributed by atoms with van der Waals surface area (Å²) in [5, 5.41) is 0. The van der Waals surface area contributed by atoms with E-state index in [4.69, 9.17) is 0 Å². The second-order valence-corrected chi connectivity index (χ2v) is 3.94. The molecule has 16 heavy (non-hydrogen) atoms. The normalized spacial score (nSPS) is 11.3. The van der Waals surface area contributed by atoms with Crippen LogP contribution in [0.15, 0.2) is 35.9 Å². The smallest absolute Gasteiger partial charge is 0.330 e. The van der Waals surface area contributed by atoms with Crippen molar-refractivity contribution in [2.24, 2.45) is 0 Å². The van der Waals surface area contributed by atoms with Gasteiger partial charge >= 0.3 is 5.97 Å². The minimum absolute atomic E-state index is 0.276. The standard InChI is InChI=1S/C14H18O2/c1-11(10-14(15)16-3)8-9-13-7-5-4-6-12(13)2/h4-7,10H,8-9H2,1-3H3/b11-10+. The fourth-order valence-corrected chi connectivity index (χ4v) is 1.55. The second kappa shape index (κ2) is 6.11. The predicted octanol–water partition coefficient (Wildman–Crippen LogP) is 3.05. The number of hydrogen-bond donors (Lipinski definition) is 0. The van der Waals surface area contributed by atoms with Crippen molar-refractivity contribution in [3.63, 3.8) is 0 Å². The summed E-state index contributed by atoms with van der Waals surface area (Å²) >= 11 is 0. The molecule has 0 bridgehead atoms. The number of benzene rings is 1. The van der Waals surface area contributed by atoms with Crippen LogP contribution < -0.4 is 0 Å². The van der Waals surface area contributed by atoms with Crippen LogP contribution in [0.2, 0.25) is 0 Å². The Bertz CT molecular complexity index is 391. The number of hydrogen-bond acceptors (Lipinski definition) is 2. The first-order valence-electron chi connectivity index (χ1n) is 5.43. The minimum atomic E-state index is -0.276. The fraction of sp³-hybridized carbons (Fsp3) is 0.357. The van der Waals surface area contributed by atoms with E-state index in [0.717, 1.165) is 18.4 Å². The second-order valence-electron chi connectivity index (χ2n) is 3.94. The summed E-state index contributed by atoms with van der Waals surface area (Å²) in [4.78, 5) is 11.0. The number of aryl methyl sites for hydroxylation is 2. The first-order valence-corrected chi connectivity index (χ1v) is 5.43. The van der Waals surface area contributed by atoms with E-state index in [2.05, 4.69) is 23.8 Å². The van der Waals surface area contributed by atoms with Crippen molar-refractivity contribution in [2.75, 3.05) is 7.11 Å². The summed E-state index contributed by atoms with van der Waals surface area (Å²) in [6.07, 6.45) is 3.41.